The number of rotatable bonds is 4. The molecule has 1 aromatic heterocycles. The first kappa shape index (κ1) is 20.6. The summed E-state index contributed by atoms with van der Waals surface area (Å²) in [6.07, 6.45) is -4.58. The Morgan fingerprint density at radius 3 is 2.36 bits per heavy atom. The van der Waals surface area contributed by atoms with Crippen LogP contribution in [0.25, 0.3) is 11.3 Å². The first-order valence-electron chi connectivity index (χ1n) is 8.85. The zero-order chi connectivity index (χ0) is 20.3. The van der Waals surface area contributed by atoms with Gasteiger partial charge in [-0.1, -0.05) is 41.6 Å². The normalized spacial score (nSPS) is 15.7. The van der Waals surface area contributed by atoms with Gasteiger partial charge in [-0.3, -0.25) is 4.79 Å². The van der Waals surface area contributed by atoms with E-state index in [1.54, 1.807) is 17.0 Å². The summed E-state index contributed by atoms with van der Waals surface area (Å²) in [5.41, 5.74) is 0.761. The molecular weight excluding hydrogens is 389 g/mol. The van der Waals surface area contributed by atoms with Crippen molar-refractivity contribution in [2.24, 2.45) is 0 Å². The summed E-state index contributed by atoms with van der Waals surface area (Å²) in [6, 6.07) is 8.02. The maximum absolute atomic E-state index is 13.3. The first-order valence-corrected chi connectivity index (χ1v) is 9.83. The number of thioether (sulfide) groups is 1. The summed E-state index contributed by atoms with van der Waals surface area (Å²) in [5.74, 6) is -0.103. The molecule has 1 fully saturated rings. The van der Waals surface area contributed by atoms with Crippen molar-refractivity contribution in [2.45, 2.75) is 18.3 Å². The number of carbonyl (C=O) groups excluding carboxylic acids is 1. The standard InChI is InChI=1S/C19H21F3N4OS/c1-13-3-5-14(6-4-13)15-11-16(19(20,21)22)24-18(23-15)28-12-17(27)26-9-7-25(2)8-10-26/h3-6,11H,7-10,12H2,1-2H3. The number of benzene rings is 1. The number of carbonyl (C=O) groups is 1. The molecule has 0 N–H and O–H groups in total. The van der Waals surface area contributed by atoms with Crippen LogP contribution in [0.4, 0.5) is 13.2 Å². The minimum Gasteiger partial charge on any atom is -0.339 e. The van der Waals surface area contributed by atoms with E-state index in [0.717, 1.165) is 36.5 Å². The lowest BCUT2D eigenvalue weighted by Gasteiger charge is -2.32. The molecule has 0 spiro atoms. The molecule has 1 aromatic carbocycles. The van der Waals surface area contributed by atoms with Crippen molar-refractivity contribution < 1.29 is 18.0 Å². The maximum Gasteiger partial charge on any atom is 0.433 e. The molecule has 0 unspecified atom stereocenters. The number of nitrogens with zero attached hydrogens (tertiary/aromatic N) is 4. The fourth-order valence-corrected chi connectivity index (χ4v) is 3.54. The maximum atomic E-state index is 13.3. The van der Waals surface area contributed by atoms with E-state index >= 15 is 0 Å². The Labute approximate surface area is 166 Å². The number of likely N-dealkylation sites (N-methyl/N-ethyl adjacent to an activating group) is 1. The van der Waals surface area contributed by atoms with Crippen LogP contribution < -0.4 is 0 Å². The molecule has 5 nitrogen and oxygen atoms in total. The number of alkyl halides is 3. The summed E-state index contributed by atoms with van der Waals surface area (Å²) < 4.78 is 39.8. The lowest BCUT2D eigenvalue weighted by atomic mass is 10.1. The highest BCUT2D eigenvalue weighted by Crippen LogP contribution is 2.32. The van der Waals surface area contributed by atoms with E-state index in [4.69, 9.17) is 0 Å². The molecule has 1 aliphatic heterocycles. The third kappa shape index (κ3) is 5.23. The molecule has 0 radical (unpaired) electrons. The van der Waals surface area contributed by atoms with Gasteiger partial charge in [0.15, 0.2) is 5.16 Å². The second kappa shape index (κ2) is 8.48. The Bertz CT molecular complexity index is 834. The molecule has 1 saturated heterocycles. The molecule has 1 amide bonds. The molecule has 28 heavy (non-hydrogen) atoms. The molecule has 2 aromatic rings. The van der Waals surface area contributed by atoms with E-state index in [0.29, 0.717) is 18.7 Å². The second-order valence-corrected chi connectivity index (χ2v) is 7.70. The summed E-state index contributed by atoms with van der Waals surface area (Å²) >= 11 is 0.938. The monoisotopic (exact) mass is 410 g/mol. The van der Waals surface area contributed by atoms with E-state index in [2.05, 4.69) is 14.9 Å². The van der Waals surface area contributed by atoms with E-state index in [9.17, 15) is 18.0 Å². The molecule has 3 rings (SSSR count). The number of amides is 1. The highest BCUT2D eigenvalue weighted by atomic mass is 32.2. The molecule has 150 valence electrons. The predicted octanol–water partition coefficient (Wildman–Crippen LogP) is 3.34. The quantitative estimate of drug-likeness (QED) is 0.572. The van der Waals surface area contributed by atoms with E-state index in [1.807, 2.05) is 26.1 Å². The molecular formula is C19H21F3N4OS. The summed E-state index contributed by atoms with van der Waals surface area (Å²) in [4.78, 5) is 24.1. The Hall–Kier alpha value is -2.13. The van der Waals surface area contributed by atoms with Crippen LogP contribution in [0.2, 0.25) is 0 Å². The van der Waals surface area contributed by atoms with Gasteiger partial charge in [-0.15, -0.1) is 0 Å². The molecule has 0 atom stereocenters. The fourth-order valence-electron chi connectivity index (χ4n) is 2.78. The Kier molecular flexibility index (Phi) is 6.24. The van der Waals surface area contributed by atoms with Crippen molar-refractivity contribution in [3.05, 3.63) is 41.6 Å². The van der Waals surface area contributed by atoms with Crippen LogP contribution in [0.3, 0.4) is 0 Å². The number of hydrogen-bond donors (Lipinski definition) is 0. The van der Waals surface area contributed by atoms with Crippen LogP contribution in [0.1, 0.15) is 11.3 Å². The summed E-state index contributed by atoms with van der Waals surface area (Å²) in [7, 11) is 1.99. The average Bonchev–Trinajstić information content (AvgIpc) is 2.66. The fraction of sp³-hybridized carbons (Fsp3) is 0.421. The Morgan fingerprint density at radius 1 is 1.11 bits per heavy atom. The van der Waals surface area contributed by atoms with Crippen LogP contribution in [-0.4, -0.2) is 64.7 Å². The lowest BCUT2D eigenvalue weighted by Crippen LogP contribution is -2.47. The summed E-state index contributed by atoms with van der Waals surface area (Å²) in [6.45, 7) is 4.71. The van der Waals surface area contributed by atoms with Crippen LogP contribution in [-0.2, 0) is 11.0 Å². The van der Waals surface area contributed by atoms with Gasteiger partial charge in [-0.05, 0) is 20.0 Å². The minimum atomic E-state index is -4.58. The largest absolute Gasteiger partial charge is 0.433 e. The molecule has 0 bridgehead atoms. The highest BCUT2D eigenvalue weighted by Gasteiger charge is 2.34. The number of halogens is 3. The third-order valence-electron chi connectivity index (χ3n) is 4.52. The lowest BCUT2D eigenvalue weighted by molar-refractivity contribution is -0.141. The van der Waals surface area contributed by atoms with Gasteiger partial charge >= 0.3 is 6.18 Å². The number of piperazine rings is 1. The van der Waals surface area contributed by atoms with Crippen molar-refractivity contribution in [1.82, 2.24) is 19.8 Å². The average molecular weight is 410 g/mol. The molecule has 2 heterocycles. The van der Waals surface area contributed by atoms with Gasteiger partial charge in [0.1, 0.15) is 5.69 Å². The van der Waals surface area contributed by atoms with Gasteiger partial charge < -0.3 is 9.80 Å². The molecule has 9 heteroatoms. The van der Waals surface area contributed by atoms with Crippen molar-refractivity contribution in [1.29, 1.82) is 0 Å². The molecule has 0 saturated carbocycles. The smallest absolute Gasteiger partial charge is 0.339 e. The first-order chi connectivity index (χ1) is 13.2. The minimum absolute atomic E-state index is 0.0123. The SMILES string of the molecule is Cc1ccc(-c2cc(C(F)(F)F)nc(SCC(=O)N3CCN(C)CC3)n2)cc1. The number of aromatic nitrogens is 2. The van der Waals surface area contributed by atoms with Gasteiger partial charge in [0.25, 0.3) is 0 Å². The van der Waals surface area contributed by atoms with E-state index in [-0.39, 0.29) is 22.5 Å². The van der Waals surface area contributed by atoms with Gasteiger partial charge in [0.2, 0.25) is 5.91 Å². The van der Waals surface area contributed by atoms with Crippen LogP contribution >= 0.6 is 11.8 Å². The van der Waals surface area contributed by atoms with E-state index in [1.165, 1.54) is 0 Å². The van der Waals surface area contributed by atoms with Gasteiger partial charge in [-0.2, -0.15) is 13.2 Å². The zero-order valence-corrected chi connectivity index (χ0v) is 16.5. The van der Waals surface area contributed by atoms with Crippen molar-refractivity contribution in [3.63, 3.8) is 0 Å². The third-order valence-corrected chi connectivity index (χ3v) is 5.36. The Morgan fingerprint density at radius 2 is 1.75 bits per heavy atom. The van der Waals surface area contributed by atoms with Crippen LogP contribution in [0.5, 0.6) is 0 Å². The second-order valence-electron chi connectivity index (χ2n) is 6.76. The number of aryl methyl sites for hydroxylation is 1. The van der Waals surface area contributed by atoms with Crippen LogP contribution in [0.15, 0.2) is 35.5 Å². The highest BCUT2D eigenvalue weighted by molar-refractivity contribution is 7.99. The number of hydrogen-bond acceptors (Lipinski definition) is 5. The predicted molar refractivity (Wildman–Crippen MR) is 102 cm³/mol. The van der Waals surface area contributed by atoms with Gasteiger partial charge in [-0.25, -0.2) is 9.97 Å². The van der Waals surface area contributed by atoms with Crippen molar-refractivity contribution >= 4 is 17.7 Å². The van der Waals surface area contributed by atoms with Crippen molar-refractivity contribution in [2.75, 3.05) is 39.0 Å². The molecule has 1 aliphatic rings. The van der Waals surface area contributed by atoms with Gasteiger partial charge in [0, 0.05) is 31.7 Å². The van der Waals surface area contributed by atoms with Gasteiger partial charge in [0.05, 0.1) is 11.4 Å². The summed E-state index contributed by atoms with van der Waals surface area (Å²) in [5, 5.41) is -0.0483. The van der Waals surface area contributed by atoms with E-state index < -0.39 is 11.9 Å². The van der Waals surface area contributed by atoms with Crippen LogP contribution in [0, 0.1) is 6.92 Å². The zero-order valence-electron chi connectivity index (χ0n) is 15.7. The van der Waals surface area contributed by atoms with Crippen molar-refractivity contribution in [3.8, 4) is 11.3 Å². The Balaban J connectivity index is 1.78. The molecule has 0 aliphatic carbocycles. The topological polar surface area (TPSA) is 49.3 Å².